The highest BCUT2D eigenvalue weighted by Gasteiger charge is 2.00. The van der Waals surface area contributed by atoms with E-state index < -0.39 is 0 Å². The molecule has 0 fully saturated rings. The Labute approximate surface area is 77.5 Å². The smallest absolute Gasteiger partial charge is 0.159 e. The number of hydrogen-bond donors (Lipinski definition) is 1. The summed E-state index contributed by atoms with van der Waals surface area (Å²) in [5.41, 5.74) is 2.21. The van der Waals surface area contributed by atoms with Crippen molar-refractivity contribution in [3.63, 3.8) is 0 Å². The summed E-state index contributed by atoms with van der Waals surface area (Å²) in [6.45, 7) is 5.15. The van der Waals surface area contributed by atoms with Gasteiger partial charge in [-0.25, -0.2) is 0 Å². The van der Waals surface area contributed by atoms with Crippen molar-refractivity contribution in [3.05, 3.63) is 42.0 Å². The zero-order valence-electron chi connectivity index (χ0n) is 7.58. The molecule has 13 heavy (non-hydrogen) atoms. The molecule has 68 valence electrons. The number of aliphatic hydroxyl groups excluding tert-OH is 1. The van der Waals surface area contributed by atoms with E-state index in [2.05, 4.69) is 6.58 Å². The van der Waals surface area contributed by atoms with E-state index in [1.54, 1.807) is 24.3 Å². The lowest BCUT2D eigenvalue weighted by molar-refractivity contribution is 0.101. The fourth-order valence-corrected chi connectivity index (χ4v) is 1.03. The van der Waals surface area contributed by atoms with Crippen LogP contribution in [0.25, 0.3) is 5.57 Å². The van der Waals surface area contributed by atoms with Crippen LogP contribution in [0, 0.1) is 0 Å². The van der Waals surface area contributed by atoms with E-state index in [1.807, 2.05) is 0 Å². The lowest BCUT2D eigenvalue weighted by atomic mass is 10.0. The van der Waals surface area contributed by atoms with Crippen LogP contribution < -0.4 is 0 Å². The maximum Gasteiger partial charge on any atom is 0.159 e. The molecule has 0 aliphatic heterocycles. The lowest BCUT2D eigenvalue weighted by Crippen LogP contribution is -1.93. The van der Waals surface area contributed by atoms with Gasteiger partial charge in [0.1, 0.15) is 0 Å². The fraction of sp³-hybridized carbons (Fsp3) is 0.182. The van der Waals surface area contributed by atoms with Crippen molar-refractivity contribution >= 4 is 11.4 Å². The first kappa shape index (κ1) is 9.68. The third-order valence-corrected chi connectivity index (χ3v) is 1.89. The molecule has 0 aliphatic carbocycles. The summed E-state index contributed by atoms with van der Waals surface area (Å²) < 4.78 is 0. The van der Waals surface area contributed by atoms with Gasteiger partial charge in [-0.2, -0.15) is 0 Å². The molecular formula is C11H12O2. The van der Waals surface area contributed by atoms with Crippen LogP contribution in [-0.2, 0) is 0 Å². The van der Waals surface area contributed by atoms with Gasteiger partial charge in [0, 0.05) is 5.56 Å². The van der Waals surface area contributed by atoms with Crippen molar-refractivity contribution in [1.82, 2.24) is 0 Å². The standard InChI is InChI=1S/C11H12O2/c1-8(7-12)10-3-5-11(6-4-10)9(2)13/h3-6,12H,1,7H2,2H3. The molecule has 1 aromatic carbocycles. The Morgan fingerprint density at radius 2 is 1.77 bits per heavy atom. The second-order valence-corrected chi connectivity index (χ2v) is 2.90. The summed E-state index contributed by atoms with van der Waals surface area (Å²) in [6, 6.07) is 7.04. The van der Waals surface area contributed by atoms with Crippen molar-refractivity contribution in [1.29, 1.82) is 0 Å². The number of ketones is 1. The predicted octanol–water partition coefficient (Wildman–Crippen LogP) is 1.89. The number of carbonyl (C=O) groups excluding carboxylic acids is 1. The number of hydrogen-bond acceptors (Lipinski definition) is 2. The second-order valence-electron chi connectivity index (χ2n) is 2.90. The normalized spacial score (nSPS) is 9.69. The van der Waals surface area contributed by atoms with E-state index in [0.717, 1.165) is 5.56 Å². The Balaban J connectivity index is 2.93. The number of rotatable bonds is 3. The van der Waals surface area contributed by atoms with Gasteiger partial charge in [-0.3, -0.25) is 4.79 Å². The van der Waals surface area contributed by atoms with E-state index in [-0.39, 0.29) is 12.4 Å². The highest BCUT2D eigenvalue weighted by molar-refractivity contribution is 5.94. The van der Waals surface area contributed by atoms with E-state index >= 15 is 0 Å². The topological polar surface area (TPSA) is 37.3 Å². The molecule has 2 heteroatoms. The number of aliphatic hydroxyl groups is 1. The van der Waals surface area contributed by atoms with Crippen LogP contribution in [0.4, 0.5) is 0 Å². The van der Waals surface area contributed by atoms with Crippen LogP contribution in [-0.4, -0.2) is 17.5 Å². The Morgan fingerprint density at radius 1 is 1.31 bits per heavy atom. The fourth-order valence-electron chi connectivity index (χ4n) is 1.03. The molecule has 0 radical (unpaired) electrons. The van der Waals surface area contributed by atoms with Crippen LogP contribution in [0.2, 0.25) is 0 Å². The maximum absolute atomic E-state index is 10.9. The maximum atomic E-state index is 10.9. The van der Waals surface area contributed by atoms with E-state index in [4.69, 9.17) is 5.11 Å². The van der Waals surface area contributed by atoms with Gasteiger partial charge in [0.25, 0.3) is 0 Å². The minimum absolute atomic E-state index is 0.0427. The summed E-state index contributed by atoms with van der Waals surface area (Å²) in [5, 5.41) is 8.80. The van der Waals surface area contributed by atoms with E-state index in [0.29, 0.717) is 11.1 Å². The Morgan fingerprint density at radius 3 is 2.15 bits per heavy atom. The minimum atomic E-state index is -0.0561. The van der Waals surface area contributed by atoms with Gasteiger partial charge in [0.05, 0.1) is 6.61 Å². The van der Waals surface area contributed by atoms with Gasteiger partial charge in [-0.1, -0.05) is 30.8 Å². The number of carbonyl (C=O) groups is 1. The highest BCUT2D eigenvalue weighted by atomic mass is 16.3. The highest BCUT2D eigenvalue weighted by Crippen LogP contribution is 2.12. The molecule has 0 bridgehead atoms. The van der Waals surface area contributed by atoms with Gasteiger partial charge in [0.2, 0.25) is 0 Å². The zero-order chi connectivity index (χ0) is 9.84. The van der Waals surface area contributed by atoms with Gasteiger partial charge >= 0.3 is 0 Å². The van der Waals surface area contributed by atoms with Crippen LogP contribution in [0.15, 0.2) is 30.8 Å². The van der Waals surface area contributed by atoms with Crippen LogP contribution in [0.5, 0.6) is 0 Å². The van der Waals surface area contributed by atoms with Crippen molar-refractivity contribution in [2.24, 2.45) is 0 Å². The monoisotopic (exact) mass is 176 g/mol. The molecule has 1 rings (SSSR count). The summed E-state index contributed by atoms with van der Waals surface area (Å²) >= 11 is 0. The molecule has 0 heterocycles. The number of benzene rings is 1. The molecule has 0 saturated heterocycles. The van der Waals surface area contributed by atoms with E-state index in [9.17, 15) is 4.79 Å². The molecule has 0 atom stereocenters. The van der Waals surface area contributed by atoms with Crippen molar-refractivity contribution in [2.75, 3.05) is 6.61 Å². The third kappa shape index (κ3) is 2.26. The molecule has 0 aromatic heterocycles. The van der Waals surface area contributed by atoms with Crippen LogP contribution in [0.1, 0.15) is 22.8 Å². The molecule has 0 amide bonds. The Bertz CT molecular complexity index is 322. The lowest BCUT2D eigenvalue weighted by Gasteiger charge is -2.02. The quantitative estimate of drug-likeness (QED) is 0.714. The second kappa shape index (κ2) is 4.01. The Hall–Kier alpha value is -1.41. The predicted molar refractivity (Wildman–Crippen MR) is 52.6 cm³/mol. The summed E-state index contributed by atoms with van der Waals surface area (Å²) in [4.78, 5) is 10.9. The minimum Gasteiger partial charge on any atom is -0.392 e. The van der Waals surface area contributed by atoms with Crippen molar-refractivity contribution in [2.45, 2.75) is 6.92 Å². The Kier molecular flexibility index (Phi) is 2.98. The molecule has 0 aliphatic rings. The van der Waals surface area contributed by atoms with Gasteiger partial charge in [-0.05, 0) is 18.1 Å². The van der Waals surface area contributed by atoms with Crippen LogP contribution in [0.3, 0.4) is 0 Å². The summed E-state index contributed by atoms with van der Waals surface area (Å²) in [7, 11) is 0. The average Bonchev–Trinajstić information content (AvgIpc) is 2.17. The first-order chi connectivity index (χ1) is 6.15. The molecule has 2 nitrogen and oxygen atoms in total. The van der Waals surface area contributed by atoms with Crippen molar-refractivity contribution < 1.29 is 9.90 Å². The molecule has 0 saturated carbocycles. The third-order valence-electron chi connectivity index (χ3n) is 1.89. The van der Waals surface area contributed by atoms with Gasteiger partial charge in [0.15, 0.2) is 5.78 Å². The number of Topliss-reactive ketones (excluding diaryl/α,β-unsaturated/α-hetero) is 1. The molecule has 1 N–H and O–H groups in total. The first-order valence-electron chi connectivity index (χ1n) is 4.05. The SMILES string of the molecule is C=C(CO)c1ccc(C(C)=O)cc1. The molecule has 0 unspecified atom stereocenters. The summed E-state index contributed by atoms with van der Waals surface area (Å²) in [5.74, 6) is 0.0427. The van der Waals surface area contributed by atoms with Gasteiger partial charge in [-0.15, -0.1) is 0 Å². The van der Waals surface area contributed by atoms with Gasteiger partial charge < -0.3 is 5.11 Å². The summed E-state index contributed by atoms with van der Waals surface area (Å²) in [6.07, 6.45) is 0. The molecule has 0 spiro atoms. The van der Waals surface area contributed by atoms with Crippen LogP contribution >= 0.6 is 0 Å². The molecular weight excluding hydrogens is 164 g/mol. The largest absolute Gasteiger partial charge is 0.392 e. The zero-order valence-corrected chi connectivity index (χ0v) is 7.58. The average molecular weight is 176 g/mol. The van der Waals surface area contributed by atoms with E-state index in [1.165, 1.54) is 6.92 Å². The van der Waals surface area contributed by atoms with Crippen molar-refractivity contribution in [3.8, 4) is 0 Å². The first-order valence-corrected chi connectivity index (χ1v) is 4.05. The molecule has 1 aromatic rings.